The lowest BCUT2D eigenvalue weighted by Gasteiger charge is -2.14. The first kappa shape index (κ1) is 14.1. The zero-order valence-corrected chi connectivity index (χ0v) is 12.3. The maximum Gasteiger partial charge on any atom is 0.237 e. The van der Waals surface area contributed by atoms with Crippen LogP contribution < -0.4 is 4.74 Å². The van der Waals surface area contributed by atoms with Crippen LogP contribution in [0.3, 0.4) is 0 Å². The molecule has 1 aromatic carbocycles. The zero-order chi connectivity index (χ0) is 14.7. The normalized spacial score (nSPS) is 10.4. The van der Waals surface area contributed by atoms with E-state index in [1.165, 1.54) is 0 Å². The van der Waals surface area contributed by atoms with Crippen molar-refractivity contribution in [2.75, 3.05) is 0 Å². The Morgan fingerprint density at radius 3 is 2.55 bits per heavy atom. The van der Waals surface area contributed by atoms with Crippen molar-refractivity contribution in [3.05, 3.63) is 52.7 Å². The predicted molar refractivity (Wildman–Crippen MR) is 79.0 cm³/mol. The Bertz CT molecular complexity index is 669. The second kappa shape index (κ2) is 5.75. The van der Waals surface area contributed by atoms with Gasteiger partial charge in [0.25, 0.3) is 0 Å². The lowest BCUT2D eigenvalue weighted by atomic mass is 10.0. The SMILES string of the molecule is Cc1ccc(C(C)C)c(Oc2nc(C)ccc2C#N)c1. The molecule has 0 atom stereocenters. The number of benzene rings is 1. The number of pyridine rings is 1. The maximum atomic E-state index is 9.15. The molecule has 0 radical (unpaired) electrons. The summed E-state index contributed by atoms with van der Waals surface area (Å²) >= 11 is 0. The average Bonchev–Trinajstić information content (AvgIpc) is 2.38. The third kappa shape index (κ3) is 2.97. The fourth-order valence-electron chi connectivity index (χ4n) is 2.01. The van der Waals surface area contributed by atoms with E-state index in [2.05, 4.69) is 37.0 Å². The number of rotatable bonds is 3. The minimum Gasteiger partial charge on any atom is -0.437 e. The third-order valence-corrected chi connectivity index (χ3v) is 3.12. The molecule has 1 heterocycles. The molecule has 0 unspecified atom stereocenters. The second-order valence-corrected chi connectivity index (χ2v) is 5.22. The van der Waals surface area contributed by atoms with E-state index >= 15 is 0 Å². The van der Waals surface area contributed by atoms with Gasteiger partial charge < -0.3 is 4.74 Å². The smallest absolute Gasteiger partial charge is 0.237 e. The molecule has 2 rings (SSSR count). The number of aryl methyl sites for hydroxylation is 2. The Labute approximate surface area is 119 Å². The fourth-order valence-corrected chi connectivity index (χ4v) is 2.01. The molecule has 0 amide bonds. The number of nitriles is 1. The van der Waals surface area contributed by atoms with Gasteiger partial charge in [-0.1, -0.05) is 26.0 Å². The van der Waals surface area contributed by atoms with Crippen molar-refractivity contribution < 1.29 is 4.74 Å². The average molecular weight is 266 g/mol. The summed E-state index contributed by atoms with van der Waals surface area (Å²) in [5, 5.41) is 9.15. The van der Waals surface area contributed by atoms with Crippen LogP contribution in [0.4, 0.5) is 0 Å². The van der Waals surface area contributed by atoms with E-state index in [4.69, 9.17) is 10.00 Å². The highest BCUT2D eigenvalue weighted by molar-refractivity contribution is 5.45. The van der Waals surface area contributed by atoms with E-state index in [0.717, 1.165) is 22.6 Å². The number of aromatic nitrogens is 1. The van der Waals surface area contributed by atoms with E-state index in [1.54, 1.807) is 6.07 Å². The number of hydrogen-bond acceptors (Lipinski definition) is 3. The molecule has 0 saturated heterocycles. The summed E-state index contributed by atoms with van der Waals surface area (Å²) in [5.41, 5.74) is 3.52. The Morgan fingerprint density at radius 1 is 1.15 bits per heavy atom. The Kier molecular flexibility index (Phi) is 4.05. The first-order valence-electron chi connectivity index (χ1n) is 6.67. The minimum absolute atomic E-state index is 0.348. The van der Waals surface area contributed by atoms with E-state index in [1.807, 2.05) is 26.0 Å². The summed E-state index contributed by atoms with van der Waals surface area (Å²) in [6.07, 6.45) is 0. The van der Waals surface area contributed by atoms with Crippen molar-refractivity contribution in [2.24, 2.45) is 0 Å². The highest BCUT2D eigenvalue weighted by Crippen LogP contribution is 2.32. The summed E-state index contributed by atoms with van der Waals surface area (Å²) < 4.78 is 5.92. The zero-order valence-electron chi connectivity index (χ0n) is 12.3. The molecule has 0 aliphatic carbocycles. The summed E-state index contributed by atoms with van der Waals surface area (Å²) in [4.78, 5) is 4.32. The van der Waals surface area contributed by atoms with Gasteiger partial charge in [0, 0.05) is 5.69 Å². The fraction of sp³-hybridized carbons (Fsp3) is 0.294. The van der Waals surface area contributed by atoms with E-state index in [9.17, 15) is 0 Å². The van der Waals surface area contributed by atoms with Crippen LogP contribution in [0.1, 0.15) is 42.1 Å². The molecular weight excluding hydrogens is 248 g/mol. The molecule has 0 bridgehead atoms. The third-order valence-electron chi connectivity index (χ3n) is 3.12. The quantitative estimate of drug-likeness (QED) is 0.822. The minimum atomic E-state index is 0.348. The summed E-state index contributed by atoms with van der Waals surface area (Å²) in [6.45, 7) is 8.14. The largest absolute Gasteiger partial charge is 0.437 e. The number of nitrogens with zero attached hydrogens (tertiary/aromatic N) is 2. The summed E-state index contributed by atoms with van der Waals surface area (Å²) in [5.74, 6) is 1.50. The molecule has 0 spiro atoms. The van der Waals surface area contributed by atoms with Gasteiger partial charge in [0.15, 0.2) is 0 Å². The van der Waals surface area contributed by atoms with Crippen molar-refractivity contribution in [2.45, 2.75) is 33.6 Å². The molecular formula is C17H18N2O. The molecule has 0 saturated carbocycles. The first-order chi connectivity index (χ1) is 9.51. The highest BCUT2D eigenvalue weighted by atomic mass is 16.5. The van der Waals surface area contributed by atoms with Crippen LogP contribution in [0.25, 0.3) is 0 Å². The molecule has 0 aliphatic rings. The van der Waals surface area contributed by atoms with Gasteiger partial charge in [-0.15, -0.1) is 0 Å². The molecule has 2 aromatic rings. The van der Waals surface area contributed by atoms with Gasteiger partial charge in [-0.05, 0) is 49.1 Å². The molecule has 1 aromatic heterocycles. The Hall–Kier alpha value is -2.34. The molecule has 3 heteroatoms. The van der Waals surface area contributed by atoms with Gasteiger partial charge in [0.05, 0.1) is 0 Å². The highest BCUT2D eigenvalue weighted by Gasteiger charge is 2.12. The topological polar surface area (TPSA) is 45.9 Å². The lowest BCUT2D eigenvalue weighted by Crippen LogP contribution is -1.98. The van der Waals surface area contributed by atoms with Crippen LogP contribution in [0.2, 0.25) is 0 Å². The first-order valence-corrected chi connectivity index (χ1v) is 6.67. The van der Waals surface area contributed by atoms with Crippen LogP contribution in [0.5, 0.6) is 11.6 Å². The van der Waals surface area contributed by atoms with E-state index in [-0.39, 0.29) is 0 Å². The molecule has 0 aliphatic heterocycles. The number of hydrogen-bond donors (Lipinski definition) is 0. The van der Waals surface area contributed by atoms with Gasteiger partial charge in [-0.3, -0.25) is 0 Å². The molecule has 0 N–H and O–H groups in total. The van der Waals surface area contributed by atoms with Gasteiger partial charge in [0.1, 0.15) is 17.4 Å². The van der Waals surface area contributed by atoms with Gasteiger partial charge >= 0.3 is 0 Å². The van der Waals surface area contributed by atoms with Crippen molar-refractivity contribution in [1.82, 2.24) is 4.98 Å². The molecule has 20 heavy (non-hydrogen) atoms. The van der Waals surface area contributed by atoms with Crippen LogP contribution in [0.15, 0.2) is 30.3 Å². The van der Waals surface area contributed by atoms with Crippen LogP contribution >= 0.6 is 0 Å². The Morgan fingerprint density at radius 2 is 1.90 bits per heavy atom. The monoisotopic (exact) mass is 266 g/mol. The van der Waals surface area contributed by atoms with Crippen molar-refractivity contribution in [1.29, 1.82) is 5.26 Å². The standard InChI is InChI=1S/C17H18N2O/c1-11(2)15-8-5-12(3)9-16(15)20-17-14(10-18)7-6-13(4)19-17/h5-9,11H,1-4H3. The van der Waals surface area contributed by atoms with Crippen molar-refractivity contribution in [3.8, 4) is 17.7 Å². The maximum absolute atomic E-state index is 9.15. The Balaban J connectivity index is 2.47. The summed E-state index contributed by atoms with van der Waals surface area (Å²) in [6, 6.07) is 11.8. The number of ether oxygens (including phenoxy) is 1. The molecule has 0 fully saturated rings. The van der Waals surface area contributed by atoms with Crippen molar-refractivity contribution >= 4 is 0 Å². The molecule has 3 nitrogen and oxygen atoms in total. The van der Waals surface area contributed by atoms with Crippen molar-refractivity contribution in [3.63, 3.8) is 0 Å². The predicted octanol–water partition coefficient (Wildman–Crippen LogP) is 4.49. The van der Waals surface area contributed by atoms with Gasteiger partial charge in [-0.25, -0.2) is 4.98 Å². The van der Waals surface area contributed by atoms with Gasteiger partial charge in [0.2, 0.25) is 5.88 Å². The van der Waals surface area contributed by atoms with Crippen LogP contribution in [-0.4, -0.2) is 4.98 Å². The summed E-state index contributed by atoms with van der Waals surface area (Å²) in [7, 11) is 0. The lowest BCUT2D eigenvalue weighted by molar-refractivity contribution is 0.451. The van der Waals surface area contributed by atoms with Crippen LogP contribution in [0, 0.1) is 25.2 Å². The molecule has 102 valence electrons. The van der Waals surface area contributed by atoms with E-state index in [0.29, 0.717) is 17.4 Å². The van der Waals surface area contributed by atoms with E-state index < -0.39 is 0 Å². The van der Waals surface area contributed by atoms with Gasteiger partial charge in [-0.2, -0.15) is 5.26 Å². The second-order valence-electron chi connectivity index (χ2n) is 5.22. The van der Waals surface area contributed by atoms with Crippen LogP contribution in [-0.2, 0) is 0 Å².